The van der Waals surface area contributed by atoms with Crippen molar-refractivity contribution in [2.24, 2.45) is 5.16 Å². The van der Waals surface area contributed by atoms with Crippen molar-refractivity contribution >= 4 is 28.7 Å². The first-order valence-corrected chi connectivity index (χ1v) is 12.7. The highest BCUT2D eigenvalue weighted by molar-refractivity contribution is 6.50. The topological polar surface area (TPSA) is 150 Å². The van der Waals surface area contributed by atoms with Crippen LogP contribution in [0, 0.1) is 15.5 Å². The van der Waals surface area contributed by atoms with E-state index in [0.29, 0.717) is 27.5 Å². The van der Waals surface area contributed by atoms with Gasteiger partial charge in [-0.05, 0) is 23.3 Å². The number of rotatable bonds is 12. The molecule has 0 saturated heterocycles. The van der Waals surface area contributed by atoms with Crippen molar-refractivity contribution < 1.29 is 24.7 Å². The Kier molecular flexibility index (Phi) is 9.63. The van der Waals surface area contributed by atoms with Crippen LogP contribution in [-0.4, -0.2) is 46.4 Å². The van der Waals surface area contributed by atoms with E-state index in [9.17, 15) is 10.1 Å². The van der Waals surface area contributed by atoms with E-state index in [0.717, 1.165) is 11.1 Å². The molecule has 0 saturated carbocycles. The molecule has 11 heteroatoms. The second-order valence-corrected chi connectivity index (χ2v) is 9.14. The Morgan fingerprint density at radius 2 is 1.77 bits per heavy atom. The second-order valence-electron chi connectivity index (χ2n) is 8.76. The van der Waals surface area contributed by atoms with Crippen molar-refractivity contribution in [3.05, 3.63) is 111 Å². The lowest BCUT2D eigenvalue weighted by molar-refractivity contribution is -0.386. The third-order valence-electron chi connectivity index (χ3n) is 6.05. The van der Waals surface area contributed by atoms with Crippen LogP contribution in [0.25, 0.3) is 11.1 Å². The maximum absolute atomic E-state index is 12.0. The Hall–Kier alpha value is -4.51. The summed E-state index contributed by atoms with van der Waals surface area (Å²) in [6.45, 7) is 0.421. The number of allylic oxidation sites excluding steroid dienone is 2. The number of nitrogens with zero attached hydrogens (tertiary/aromatic N) is 2. The van der Waals surface area contributed by atoms with Crippen LogP contribution in [0.1, 0.15) is 11.1 Å². The van der Waals surface area contributed by atoms with Gasteiger partial charge in [0.25, 0.3) is 0 Å². The summed E-state index contributed by atoms with van der Waals surface area (Å²) >= 11 is 6.69. The summed E-state index contributed by atoms with van der Waals surface area (Å²) in [6.07, 6.45) is 4.65. The van der Waals surface area contributed by atoms with Gasteiger partial charge in [0, 0.05) is 41.9 Å². The number of hydrogen-bond acceptors (Lipinski definition) is 9. The molecule has 0 bridgehead atoms. The standard InChI is InChI=1S/C29H27ClN4O6/c30-29-21(7-4-8-23(29)20-5-2-1-3-6-20)18-40-28-15-27(22(16-32-11-12-35)14-26(28)34(37)38)39-17-19-9-10-25(33-36)24(31)13-19/h1-10,13-15,31-32,35-36H,11-12,16-18H2/b31-24?,33-25-. The summed E-state index contributed by atoms with van der Waals surface area (Å²) in [5.74, 6) is 0.334. The van der Waals surface area contributed by atoms with Crippen LogP contribution in [0.4, 0.5) is 5.69 Å². The molecule has 10 nitrogen and oxygen atoms in total. The summed E-state index contributed by atoms with van der Waals surface area (Å²) in [6, 6.07) is 18.0. The number of nitrogens with one attached hydrogen (secondary N) is 2. The van der Waals surface area contributed by atoms with E-state index in [4.69, 9.17) is 36.8 Å². The van der Waals surface area contributed by atoms with Gasteiger partial charge in [-0.25, -0.2) is 0 Å². The maximum Gasteiger partial charge on any atom is 0.311 e. The number of aliphatic hydroxyl groups excluding tert-OH is 1. The predicted octanol–water partition coefficient (Wildman–Crippen LogP) is 5.30. The second kappa shape index (κ2) is 13.5. The van der Waals surface area contributed by atoms with Crippen LogP contribution in [0.15, 0.2) is 89.6 Å². The van der Waals surface area contributed by atoms with Crippen LogP contribution in [0.5, 0.6) is 11.5 Å². The molecule has 4 N–H and O–H groups in total. The van der Waals surface area contributed by atoms with Crippen molar-refractivity contribution in [2.75, 3.05) is 19.8 Å². The molecule has 0 amide bonds. The number of nitro benzene ring substituents is 1. The summed E-state index contributed by atoms with van der Waals surface area (Å²) < 4.78 is 11.9. The fraction of sp³-hybridized carbons (Fsp3) is 0.172. The normalized spacial score (nSPS) is 13.8. The zero-order valence-corrected chi connectivity index (χ0v) is 22.1. The molecule has 3 aromatic rings. The molecular weight excluding hydrogens is 536 g/mol. The minimum atomic E-state index is -0.528. The number of oxime groups is 1. The number of aliphatic hydroxyl groups is 1. The average molecular weight is 563 g/mol. The zero-order chi connectivity index (χ0) is 28.5. The molecule has 4 rings (SSSR count). The van der Waals surface area contributed by atoms with Gasteiger partial charge >= 0.3 is 5.69 Å². The third kappa shape index (κ3) is 6.92. The molecule has 0 aromatic heterocycles. The Labute approximate surface area is 235 Å². The molecule has 3 aromatic carbocycles. The zero-order valence-electron chi connectivity index (χ0n) is 21.3. The quantitative estimate of drug-likeness (QED) is 0.0768. The number of ether oxygens (including phenoxy) is 2. The summed E-state index contributed by atoms with van der Waals surface area (Å²) in [5.41, 5.74) is 3.45. The molecule has 1 aliphatic rings. The van der Waals surface area contributed by atoms with Gasteiger partial charge < -0.3 is 25.1 Å². The molecule has 0 radical (unpaired) electrons. The average Bonchev–Trinajstić information content (AvgIpc) is 2.96. The van der Waals surface area contributed by atoms with Crippen molar-refractivity contribution in [3.63, 3.8) is 0 Å². The highest BCUT2D eigenvalue weighted by Gasteiger charge is 2.22. The summed E-state index contributed by atoms with van der Waals surface area (Å²) in [4.78, 5) is 11.4. The monoisotopic (exact) mass is 562 g/mol. The Morgan fingerprint density at radius 3 is 2.48 bits per heavy atom. The van der Waals surface area contributed by atoms with Gasteiger partial charge in [0.1, 0.15) is 24.7 Å². The van der Waals surface area contributed by atoms with E-state index in [1.165, 1.54) is 24.3 Å². The van der Waals surface area contributed by atoms with E-state index < -0.39 is 4.92 Å². The van der Waals surface area contributed by atoms with Gasteiger partial charge in [0.2, 0.25) is 5.75 Å². The highest BCUT2D eigenvalue weighted by atomic mass is 35.5. The molecule has 206 valence electrons. The van der Waals surface area contributed by atoms with Crippen LogP contribution >= 0.6 is 11.6 Å². The lowest BCUT2D eigenvalue weighted by Gasteiger charge is -2.17. The fourth-order valence-corrected chi connectivity index (χ4v) is 4.32. The van der Waals surface area contributed by atoms with Gasteiger partial charge in [-0.15, -0.1) is 0 Å². The van der Waals surface area contributed by atoms with Gasteiger partial charge in [0.15, 0.2) is 0 Å². The fourth-order valence-electron chi connectivity index (χ4n) is 4.03. The van der Waals surface area contributed by atoms with Crippen LogP contribution in [0.2, 0.25) is 5.02 Å². The van der Waals surface area contributed by atoms with E-state index in [1.807, 2.05) is 42.5 Å². The molecule has 0 atom stereocenters. The van der Waals surface area contributed by atoms with E-state index in [2.05, 4.69) is 10.5 Å². The SMILES string of the molecule is N=C1C=C(COc2cc(OCc3cccc(-c4ccccc4)c3Cl)c([N+](=O)[O-])cc2CNCCO)C=C/C1=N/O. The molecular formula is C29H27ClN4O6. The van der Waals surface area contributed by atoms with Crippen molar-refractivity contribution in [1.29, 1.82) is 5.41 Å². The first-order chi connectivity index (χ1) is 19.4. The summed E-state index contributed by atoms with van der Waals surface area (Å²) in [5, 5.41) is 44.5. The first-order valence-electron chi connectivity index (χ1n) is 12.3. The Balaban J connectivity index is 1.61. The van der Waals surface area contributed by atoms with Crippen molar-refractivity contribution in [3.8, 4) is 22.6 Å². The van der Waals surface area contributed by atoms with E-state index in [1.54, 1.807) is 12.1 Å². The number of halogens is 1. The van der Waals surface area contributed by atoms with Crippen molar-refractivity contribution in [1.82, 2.24) is 5.32 Å². The van der Waals surface area contributed by atoms with Crippen LogP contribution in [-0.2, 0) is 13.2 Å². The minimum absolute atomic E-state index is 0.00250. The molecule has 1 aliphatic carbocycles. The largest absolute Gasteiger partial charge is 0.488 e. The summed E-state index contributed by atoms with van der Waals surface area (Å²) in [7, 11) is 0. The molecule has 0 aliphatic heterocycles. The molecule has 0 unspecified atom stereocenters. The number of hydrogen-bond donors (Lipinski definition) is 4. The molecule has 0 spiro atoms. The molecule has 40 heavy (non-hydrogen) atoms. The number of nitro groups is 1. The van der Waals surface area contributed by atoms with Crippen LogP contribution < -0.4 is 14.8 Å². The van der Waals surface area contributed by atoms with Gasteiger partial charge in [-0.2, -0.15) is 0 Å². The predicted molar refractivity (Wildman–Crippen MR) is 153 cm³/mol. The Bertz CT molecular complexity index is 1490. The third-order valence-corrected chi connectivity index (χ3v) is 6.50. The Morgan fingerprint density at radius 1 is 1.00 bits per heavy atom. The lowest BCUT2D eigenvalue weighted by atomic mass is 10.0. The van der Waals surface area contributed by atoms with Gasteiger partial charge in [0.05, 0.1) is 22.3 Å². The first kappa shape index (κ1) is 28.5. The van der Waals surface area contributed by atoms with Gasteiger partial charge in [-0.3, -0.25) is 15.5 Å². The highest BCUT2D eigenvalue weighted by Crippen LogP contribution is 2.37. The maximum atomic E-state index is 12.0. The lowest BCUT2D eigenvalue weighted by Crippen LogP contribution is -2.19. The van der Waals surface area contributed by atoms with Gasteiger partial charge in [-0.1, -0.05) is 71.4 Å². The van der Waals surface area contributed by atoms with Crippen LogP contribution in [0.3, 0.4) is 0 Å². The molecule has 0 heterocycles. The smallest absolute Gasteiger partial charge is 0.311 e. The molecule has 0 fully saturated rings. The van der Waals surface area contributed by atoms with E-state index in [-0.39, 0.29) is 55.8 Å². The number of benzene rings is 3. The van der Waals surface area contributed by atoms with E-state index >= 15 is 0 Å². The minimum Gasteiger partial charge on any atom is -0.488 e. The van der Waals surface area contributed by atoms with Crippen molar-refractivity contribution in [2.45, 2.75) is 13.2 Å².